The summed E-state index contributed by atoms with van der Waals surface area (Å²) in [5.41, 5.74) is -0.112. The van der Waals surface area contributed by atoms with E-state index in [0.29, 0.717) is 6.20 Å². The molecule has 0 saturated heterocycles. The van der Waals surface area contributed by atoms with Gasteiger partial charge in [0, 0.05) is 25.0 Å². The van der Waals surface area contributed by atoms with Gasteiger partial charge in [0.15, 0.2) is 5.78 Å². The lowest BCUT2D eigenvalue weighted by Gasteiger charge is -2.06. The van der Waals surface area contributed by atoms with E-state index in [4.69, 9.17) is 0 Å². The summed E-state index contributed by atoms with van der Waals surface area (Å²) < 4.78 is 37.0. The predicted octanol–water partition coefficient (Wildman–Crippen LogP) is 2.92. The van der Waals surface area contributed by atoms with Crippen molar-refractivity contribution in [3.8, 4) is 0 Å². The minimum atomic E-state index is -4.44. The van der Waals surface area contributed by atoms with Crippen LogP contribution in [-0.4, -0.2) is 15.8 Å². The Morgan fingerprint density at radius 1 is 1.11 bits per heavy atom. The SMILES string of the molecule is O=C(Cc1ccncc1)c1ccc(C(F)(F)F)cn1. The quantitative estimate of drug-likeness (QED) is 0.802. The molecule has 0 atom stereocenters. The zero-order chi connectivity index (χ0) is 13.9. The zero-order valence-corrected chi connectivity index (χ0v) is 9.69. The van der Waals surface area contributed by atoms with E-state index in [-0.39, 0.29) is 17.9 Å². The normalized spacial score (nSPS) is 11.3. The van der Waals surface area contributed by atoms with E-state index in [1.807, 2.05) is 0 Å². The van der Waals surface area contributed by atoms with E-state index in [1.165, 1.54) is 0 Å². The minimum absolute atomic E-state index is 0.0183. The average Bonchev–Trinajstić information content (AvgIpc) is 2.39. The lowest BCUT2D eigenvalue weighted by Crippen LogP contribution is -2.09. The summed E-state index contributed by atoms with van der Waals surface area (Å²) in [5.74, 6) is -0.333. The summed E-state index contributed by atoms with van der Waals surface area (Å²) in [6.07, 6.45) is -0.605. The van der Waals surface area contributed by atoms with Gasteiger partial charge < -0.3 is 0 Å². The van der Waals surface area contributed by atoms with Crippen molar-refractivity contribution in [2.45, 2.75) is 12.6 Å². The third kappa shape index (κ3) is 3.37. The Hall–Kier alpha value is -2.24. The third-order valence-corrected chi connectivity index (χ3v) is 2.49. The number of halogens is 3. The van der Waals surface area contributed by atoms with Gasteiger partial charge in [-0.2, -0.15) is 13.2 Å². The molecule has 0 saturated carbocycles. The van der Waals surface area contributed by atoms with Crippen molar-refractivity contribution in [1.82, 2.24) is 9.97 Å². The van der Waals surface area contributed by atoms with Crippen molar-refractivity contribution in [3.05, 3.63) is 59.7 Å². The van der Waals surface area contributed by atoms with Crippen LogP contribution in [-0.2, 0) is 12.6 Å². The number of carbonyl (C=O) groups excluding carboxylic acids is 1. The zero-order valence-electron chi connectivity index (χ0n) is 9.69. The van der Waals surface area contributed by atoms with Gasteiger partial charge in [0.2, 0.25) is 0 Å². The van der Waals surface area contributed by atoms with Gasteiger partial charge in [0.05, 0.1) is 5.56 Å². The number of rotatable bonds is 3. The summed E-state index contributed by atoms with van der Waals surface area (Å²) >= 11 is 0. The molecule has 0 fully saturated rings. The van der Waals surface area contributed by atoms with E-state index >= 15 is 0 Å². The second-order valence-electron chi connectivity index (χ2n) is 3.89. The second kappa shape index (κ2) is 5.17. The molecule has 2 heterocycles. The summed E-state index contributed by atoms with van der Waals surface area (Å²) in [4.78, 5) is 19.2. The van der Waals surface area contributed by atoms with Crippen LogP contribution in [0.25, 0.3) is 0 Å². The Labute approximate surface area is 107 Å². The number of ketones is 1. The molecular weight excluding hydrogens is 257 g/mol. The topological polar surface area (TPSA) is 42.9 Å². The van der Waals surface area contributed by atoms with Crippen molar-refractivity contribution in [1.29, 1.82) is 0 Å². The summed E-state index contributed by atoms with van der Waals surface area (Å²) in [6.45, 7) is 0. The Kier molecular flexibility index (Phi) is 3.59. The molecule has 2 rings (SSSR count). The molecule has 2 aromatic rings. The molecule has 3 nitrogen and oxygen atoms in total. The molecule has 0 aliphatic carbocycles. The van der Waals surface area contributed by atoms with Crippen LogP contribution in [0.15, 0.2) is 42.9 Å². The molecule has 0 aromatic carbocycles. The van der Waals surface area contributed by atoms with E-state index in [0.717, 1.165) is 17.7 Å². The number of Topliss-reactive ketones (excluding diaryl/α,β-unsaturated/α-hetero) is 1. The van der Waals surface area contributed by atoms with Crippen molar-refractivity contribution in [3.63, 3.8) is 0 Å². The highest BCUT2D eigenvalue weighted by atomic mass is 19.4. The first-order chi connectivity index (χ1) is 8.97. The maximum atomic E-state index is 12.3. The second-order valence-corrected chi connectivity index (χ2v) is 3.89. The highest BCUT2D eigenvalue weighted by Gasteiger charge is 2.30. The van der Waals surface area contributed by atoms with Crippen molar-refractivity contribution >= 4 is 5.78 Å². The predicted molar refractivity (Wildman–Crippen MR) is 61.5 cm³/mol. The number of carbonyl (C=O) groups is 1. The Morgan fingerprint density at radius 3 is 2.32 bits per heavy atom. The Bertz CT molecular complexity index is 565. The fourth-order valence-electron chi connectivity index (χ4n) is 1.50. The number of hydrogen-bond acceptors (Lipinski definition) is 3. The van der Waals surface area contributed by atoms with Crippen molar-refractivity contribution in [2.75, 3.05) is 0 Å². The molecule has 0 radical (unpaired) electrons. The smallest absolute Gasteiger partial charge is 0.292 e. The Balaban J connectivity index is 2.12. The van der Waals surface area contributed by atoms with Crippen LogP contribution in [0.4, 0.5) is 13.2 Å². The van der Waals surface area contributed by atoms with Crippen LogP contribution in [0, 0.1) is 0 Å². The molecule has 0 bridgehead atoms. The maximum Gasteiger partial charge on any atom is 0.417 e. The van der Waals surface area contributed by atoms with Gasteiger partial charge in [-0.3, -0.25) is 14.8 Å². The van der Waals surface area contributed by atoms with Crippen molar-refractivity contribution < 1.29 is 18.0 Å². The minimum Gasteiger partial charge on any atom is -0.292 e. The number of hydrogen-bond donors (Lipinski definition) is 0. The summed E-state index contributed by atoms with van der Waals surface area (Å²) in [5, 5.41) is 0. The molecule has 6 heteroatoms. The number of nitrogens with zero attached hydrogens (tertiary/aromatic N) is 2. The van der Waals surface area contributed by atoms with Crippen LogP contribution >= 0.6 is 0 Å². The fraction of sp³-hybridized carbons (Fsp3) is 0.154. The van der Waals surface area contributed by atoms with E-state index in [9.17, 15) is 18.0 Å². The van der Waals surface area contributed by atoms with Gasteiger partial charge in [-0.05, 0) is 29.8 Å². The van der Waals surface area contributed by atoms with E-state index in [1.54, 1.807) is 24.5 Å². The molecule has 0 spiro atoms. The van der Waals surface area contributed by atoms with Gasteiger partial charge in [0.1, 0.15) is 5.69 Å². The van der Waals surface area contributed by atoms with Crippen LogP contribution in [0.5, 0.6) is 0 Å². The molecule has 98 valence electrons. The average molecular weight is 266 g/mol. The lowest BCUT2D eigenvalue weighted by atomic mass is 10.1. The fourth-order valence-corrected chi connectivity index (χ4v) is 1.50. The highest BCUT2D eigenvalue weighted by molar-refractivity contribution is 5.95. The molecule has 0 aliphatic heterocycles. The van der Waals surface area contributed by atoms with Gasteiger partial charge in [-0.25, -0.2) is 0 Å². The molecule has 2 aromatic heterocycles. The summed E-state index contributed by atoms with van der Waals surface area (Å²) in [7, 11) is 0. The summed E-state index contributed by atoms with van der Waals surface area (Å²) in [6, 6.07) is 5.28. The Morgan fingerprint density at radius 2 is 1.79 bits per heavy atom. The molecular formula is C13H9F3N2O. The van der Waals surface area contributed by atoms with Gasteiger partial charge in [-0.1, -0.05) is 0 Å². The van der Waals surface area contributed by atoms with Gasteiger partial charge in [0.25, 0.3) is 0 Å². The van der Waals surface area contributed by atoms with Crippen LogP contribution in [0.2, 0.25) is 0 Å². The third-order valence-electron chi connectivity index (χ3n) is 2.49. The number of pyridine rings is 2. The number of alkyl halides is 3. The maximum absolute atomic E-state index is 12.3. The van der Waals surface area contributed by atoms with Crippen LogP contribution in [0.1, 0.15) is 21.6 Å². The first-order valence-electron chi connectivity index (χ1n) is 5.42. The lowest BCUT2D eigenvalue weighted by molar-refractivity contribution is -0.137. The van der Waals surface area contributed by atoms with Gasteiger partial charge >= 0.3 is 6.18 Å². The van der Waals surface area contributed by atoms with Crippen molar-refractivity contribution in [2.24, 2.45) is 0 Å². The first-order valence-corrected chi connectivity index (χ1v) is 5.42. The first kappa shape index (κ1) is 13.2. The number of aromatic nitrogens is 2. The van der Waals surface area contributed by atoms with Gasteiger partial charge in [-0.15, -0.1) is 0 Å². The van der Waals surface area contributed by atoms with E-state index < -0.39 is 11.7 Å². The van der Waals surface area contributed by atoms with E-state index in [2.05, 4.69) is 9.97 Å². The standard InChI is InChI=1S/C13H9F3N2O/c14-13(15,16)10-1-2-11(18-8-10)12(19)7-9-3-5-17-6-4-9/h1-6,8H,7H2. The van der Waals surface area contributed by atoms with Crippen LogP contribution in [0.3, 0.4) is 0 Å². The molecule has 0 unspecified atom stereocenters. The molecule has 0 aliphatic rings. The van der Waals surface area contributed by atoms with Crippen LogP contribution < -0.4 is 0 Å². The molecule has 0 amide bonds. The monoisotopic (exact) mass is 266 g/mol. The molecule has 19 heavy (non-hydrogen) atoms. The highest BCUT2D eigenvalue weighted by Crippen LogP contribution is 2.28. The molecule has 0 N–H and O–H groups in total. The largest absolute Gasteiger partial charge is 0.417 e.